The van der Waals surface area contributed by atoms with Crippen molar-refractivity contribution in [3.63, 3.8) is 0 Å². The zero-order valence-electron chi connectivity index (χ0n) is 10.4. The molecule has 1 heterocycles. The zero-order chi connectivity index (χ0) is 13.6. The van der Waals surface area contributed by atoms with E-state index in [0.29, 0.717) is 11.3 Å². The van der Waals surface area contributed by atoms with Crippen LogP contribution in [0.15, 0.2) is 24.3 Å². The van der Waals surface area contributed by atoms with Crippen LogP contribution in [0.4, 0.5) is 11.4 Å². The smallest absolute Gasteiger partial charge is 0.279 e. The fraction of sp³-hybridized carbons (Fsp3) is 0.286. The maximum Gasteiger partial charge on any atom is 0.279 e. The number of benzene rings is 2. The van der Waals surface area contributed by atoms with Crippen molar-refractivity contribution in [3.05, 3.63) is 45.5 Å². The molecule has 0 fully saturated rings. The van der Waals surface area contributed by atoms with E-state index >= 15 is 0 Å². The molecule has 1 aliphatic rings. The second-order valence-corrected chi connectivity index (χ2v) is 5.20. The molecule has 4 nitrogen and oxygen atoms in total. The number of halogens is 1. The molecule has 1 atom stereocenters. The topological polar surface area (TPSA) is 55.2 Å². The lowest BCUT2D eigenvalue weighted by Crippen LogP contribution is -2.03. The molecule has 98 valence electrons. The second-order valence-electron chi connectivity index (χ2n) is 4.90. The Morgan fingerprint density at radius 2 is 2.21 bits per heavy atom. The first-order chi connectivity index (χ1) is 9.11. The number of fused-ring (bicyclic) bond motifs is 3. The summed E-state index contributed by atoms with van der Waals surface area (Å²) in [5.41, 5.74) is 3.20. The number of non-ortho nitro benzene ring substituents is 1. The summed E-state index contributed by atoms with van der Waals surface area (Å²) in [6.45, 7) is 2.73. The van der Waals surface area contributed by atoms with Gasteiger partial charge in [0.2, 0.25) is 0 Å². The highest BCUT2D eigenvalue weighted by Crippen LogP contribution is 2.42. The maximum atomic E-state index is 11.2. The van der Waals surface area contributed by atoms with Crippen LogP contribution in [-0.2, 0) is 0 Å². The van der Waals surface area contributed by atoms with Crippen molar-refractivity contribution < 1.29 is 4.92 Å². The molecule has 0 saturated carbocycles. The lowest BCUT2D eigenvalue weighted by Gasteiger charge is -2.11. The van der Waals surface area contributed by atoms with E-state index in [0.717, 1.165) is 28.7 Å². The largest absolute Gasteiger partial charge is 0.384 e. The molecule has 0 spiro atoms. The zero-order valence-corrected chi connectivity index (χ0v) is 11.2. The van der Waals surface area contributed by atoms with E-state index in [-0.39, 0.29) is 16.5 Å². The van der Waals surface area contributed by atoms with Gasteiger partial charge in [-0.3, -0.25) is 10.1 Å². The third-order valence-electron chi connectivity index (χ3n) is 3.64. The summed E-state index contributed by atoms with van der Waals surface area (Å²) in [6.07, 6.45) is 0. The van der Waals surface area contributed by atoms with Gasteiger partial charge in [0.1, 0.15) is 0 Å². The molecule has 1 N–H and O–H groups in total. The highest BCUT2D eigenvalue weighted by atomic mass is 35.5. The summed E-state index contributed by atoms with van der Waals surface area (Å²) < 4.78 is 0. The number of nitrogens with zero attached hydrogens (tertiary/aromatic N) is 1. The quantitative estimate of drug-likeness (QED) is 0.516. The van der Waals surface area contributed by atoms with Gasteiger partial charge < -0.3 is 5.32 Å². The summed E-state index contributed by atoms with van der Waals surface area (Å²) in [7, 11) is 0. The molecule has 0 aromatic heterocycles. The van der Waals surface area contributed by atoms with E-state index in [1.807, 2.05) is 25.1 Å². The average molecular weight is 277 g/mol. The van der Waals surface area contributed by atoms with Crippen LogP contribution < -0.4 is 5.32 Å². The molecule has 1 aliphatic heterocycles. The van der Waals surface area contributed by atoms with Crippen molar-refractivity contribution >= 4 is 33.7 Å². The number of hydrogen-bond acceptors (Lipinski definition) is 3. The first kappa shape index (κ1) is 12.2. The van der Waals surface area contributed by atoms with Crippen molar-refractivity contribution in [1.29, 1.82) is 0 Å². The molecular formula is C14H13ClN2O2. The highest BCUT2D eigenvalue weighted by molar-refractivity contribution is 6.18. The number of hydrogen-bond donors (Lipinski definition) is 1. The molecule has 2 aromatic rings. The van der Waals surface area contributed by atoms with Gasteiger partial charge in [-0.1, -0.05) is 17.7 Å². The van der Waals surface area contributed by atoms with E-state index in [1.54, 1.807) is 6.07 Å². The fourth-order valence-electron chi connectivity index (χ4n) is 2.75. The van der Waals surface area contributed by atoms with Crippen LogP contribution in [0, 0.1) is 17.0 Å². The number of nitrogens with one attached hydrogen (secondary N) is 1. The van der Waals surface area contributed by atoms with Gasteiger partial charge in [0.15, 0.2) is 0 Å². The van der Waals surface area contributed by atoms with Gasteiger partial charge in [0.05, 0.1) is 10.3 Å². The van der Waals surface area contributed by atoms with Crippen molar-refractivity contribution in [1.82, 2.24) is 0 Å². The molecule has 2 aromatic carbocycles. The van der Waals surface area contributed by atoms with E-state index in [9.17, 15) is 10.1 Å². The number of nitro groups is 1. The van der Waals surface area contributed by atoms with Crippen LogP contribution in [-0.4, -0.2) is 17.3 Å². The predicted molar refractivity (Wildman–Crippen MR) is 77.3 cm³/mol. The normalized spacial score (nSPS) is 17.3. The first-order valence-electron chi connectivity index (χ1n) is 6.13. The number of rotatable bonds is 2. The Kier molecular flexibility index (Phi) is 2.82. The number of alkyl halides is 1. The predicted octanol–water partition coefficient (Wildman–Crippen LogP) is 3.80. The molecule has 1 unspecified atom stereocenters. The first-order valence-corrected chi connectivity index (χ1v) is 6.66. The minimum absolute atomic E-state index is 0.150. The van der Waals surface area contributed by atoms with Crippen molar-refractivity contribution in [2.75, 3.05) is 17.7 Å². The van der Waals surface area contributed by atoms with Gasteiger partial charge >= 0.3 is 0 Å². The van der Waals surface area contributed by atoms with Gasteiger partial charge in [0.25, 0.3) is 5.69 Å². The minimum atomic E-state index is -0.326. The van der Waals surface area contributed by atoms with Crippen LogP contribution >= 0.6 is 11.6 Å². The Hall–Kier alpha value is -1.81. The third kappa shape index (κ3) is 1.83. The maximum absolute atomic E-state index is 11.2. The minimum Gasteiger partial charge on any atom is -0.384 e. The SMILES string of the molecule is Cc1ccc2c([N+](=O)[O-])cc3c(c2c1)C(CCl)CN3. The number of nitro benzene ring substituents is 1. The van der Waals surface area contributed by atoms with Crippen molar-refractivity contribution in [2.24, 2.45) is 0 Å². The summed E-state index contributed by atoms with van der Waals surface area (Å²) in [4.78, 5) is 10.9. The van der Waals surface area contributed by atoms with Crippen LogP contribution in [0.3, 0.4) is 0 Å². The van der Waals surface area contributed by atoms with Crippen molar-refractivity contribution in [3.8, 4) is 0 Å². The Bertz CT molecular complexity index is 685. The average Bonchev–Trinajstić information content (AvgIpc) is 2.80. The van der Waals surface area contributed by atoms with Gasteiger partial charge in [-0.2, -0.15) is 0 Å². The van der Waals surface area contributed by atoms with Gasteiger partial charge in [-0.15, -0.1) is 11.6 Å². The molecule has 0 amide bonds. The van der Waals surface area contributed by atoms with Gasteiger partial charge in [-0.25, -0.2) is 0 Å². The van der Waals surface area contributed by atoms with E-state index in [2.05, 4.69) is 5.32 Å². The van der Waals surface area contributed by atoms with Crippen LogP contribution in [0.1, 0.15) is 17.0 Å². The number of anilines is 1. The Morgan fingerprint density at radius 1 is 1.42 bits per heavy atom. The molecule has 0 bridgehead atoms. The van der Waals surface area contributed by atoms with Crippen LogP contribution in [0.5, 0.6) is 0 Å². The fourth-order valence-corrected chi connectivity index (χ4v) is 3.01. The van der Waals surface area contributed by atoms with Gasteiger partial charge in [-0.05, 0) is 23.9 Å². The van der Waals surface area contributed by atoms with Crippen molar-refractivity contribution in [2.45, 2.75) is 12.8 Å². The van der Waals surface area contributed by atoms with E-state index in [1.165, 1.54) is 0 Å². The van der Waals surface area contributed by atoms with E-state index < -0.39 is 0 Å². The van der Waals surface area contributed by atoms with E-state index in [4.69, 9.17) is 11.6 Å². The highest BCUT2D eigenvalue weighted by Gasteiger charge is 2.28. The molecule has 0 radical (unpaired) electrons. The Morgan fingerprint density at radius 3 is 2.89 bits per heavy atom. The van der Waals surface area contributed by atoms with Gasteiger partial charge in [0, 0.05) is 30.1 Å². The summed E-state index contributed by atoms with van der Waals surface area (Å²) in [6, 6.07) is 7.36. The molecule has 3 rings (SSSR count). The standard InChI is InChI=1S/C14H13ClN2O2/c1-8-2-3-10-11(4-8)14-9(6-15)7-16-12(14)5-13(10)17(18)19/h2-5,9,16H,6-7H2,1H3. The Labute approximate surface area is 115 Å². The Balaban J connectivity index is 2.40. The van der Waals surface area contributed by atoms with Crippen LogP contribution in [0.25, 0.3) is 10.8 Å². The third-order valence-corrected chi connectivity index (χ3v) is 4.02. The lowest BCUT2D eigenvalue weighted by molar-refractivity contribution is -0.383. The molecule has 0 aliphatic carbocycles. The molecule has 0 saturated heterocycles. The van der Waals surface area contributed by atoms with Crippen LogP contribution in [0.2, 0.25) is 0 Å². The monoisotopic (exact) mass is 276 g/mol. The summed E-state index contributed by atoms with van der Waals surface area (Å²) in [5, 5.41) is 16.1. The molecule has 5 heteroatoms. The number of aryl methyl sites for hydroxylation is 1. The molecular weight excluding hydrogens is 264 g/mol. The summed E-state index contributed by atoms with van der Waals surface area (Å²) >= 11 is 6.00. The summed E-state index contributed by atoms with van der Waals surface area (Å²) in [5.74, 6) is 0.725. The molecule has 19 heavy (non-hydrogen) atoms. The second kappa shape index (κ2) is 4.38. The lowest BCUT2D eigenvalue weighted by atomic mass is 9.94.